The minimum absolute atomic E-state index is 0.0651. The molecule has 0 unspecified atom stereocenters. The van der Waals surface area contributed by atoms with Crippen molar-refractivity contribution in [1.29, 1.82) is 0 Å². The van der Waals surface area contributed by atoms with Gasteiger partial charge in [-0.15, -0.1) is 11.3 Å². The molecule has 1 N–H and O–H groups in total. The van der Waals surface area contributed by atoms with Crippen LogP contribution in [0.4, 0.5) is 0 Å². The van der Waals surface area contributed by atoms with Crippen LogP contribution in [0.5, 0.6) is 5.75 Å². The predicted molar refractivity (Wildman–Crippen MR) is 99.3 cm³/mol. The number of esters is 1. The van der Waals surface area contributed by atoms with E-state index in [4.69, 9.17) is 4.74 Å². The van der Waals surface area contributed by atoms with Crippen molar-refractivity contribution in [2.45, 2.75) is 13.0 Å². The zero-order valence-corrected chi connectivity index (χ0v) is 14.8. The Hall–Kier alpha value is -2.86. The Kier molecular flexibility index (Phi) is 4.34. The van der Waals surface area contributed by atoms with E-state index in [1.54, 1.807) is 34.4 Å². The number of ether oxygens (including phenoxy) is 1. The van der Waals surface area contributed by atoms with Gasteiger partial charge in [0.2, 0.25) is 0 Å². The molecule has 1 aliphatic heterocycles. The largest absolute Gasteiger partial charge is 0.506 e. The first-order valence-electron chi connectivity index (χ1n) is 8.34. The van der Waals surface area contributed by atoms with E-state index in [0.717, 1.165) is 17.4 Å². The average Bonchev–Trinajstić information content (AvgIpc) is 3.14. The average molecular weight is 367 g/mol. The van der Waals surface area contributed by atoms with Crippen molar-refractivity contribution < 1.29 is 19.4 Å². The Morgan fingerprint density at radius 3 is 2.88 bits per heavy atom. The summed E-state index contributed by atoms with van der Waals surface area (Å²) in [5, 5.41) is 13.8. The minimum Gasteiger partial charge on any atom is -0.506 e. The number of amides is 1. The third kappa shape index (κ3) is 3.04. The molecular weight excluding hydrogens is 350 g/mol. The lowest BCUT2D eigenvalue weighted by atomic mass is 10.1. The number of nitrogens with zero attached hydrogens (tertiary/aromatic N) is 1. The molecule has 0 spiro atoms. The maximum atomic E-state index is 12.4. The van der Waals surface area contributed by atoms with E-state index in [1.165, 1.54) is 10.9 Å². The predicted octanol–water partition coefficient (Wildman–Crippen LogP) is 3.35. The van der Waals surface area contributed by atoms with E-state index >= 15 is 0 Å². The van der Waals surface area contributed by atoms with Crippen LogP contribution in [-0.2, 0) is 22.5 Å². The topological polar surface area (TPSA) is 66.8 Å². The summed E-state index contributed by atoms with van der Waals surface area (Å²) < 4.78 is 5.15. The van der Waals surface area contributed by atoms with Gasteiger partial charge in [0.25, 0.3) is 5.91 Å². The molecule has 132 valence electrons. The van der Waals surface area contributed by atoms with Gasteiger partial charge in [-0.05, 0) is 34.9 Å². The summed E-state index contributed by atoms with van der Waals surface area (Å²) in [6.07, 6.45) is 0.831. The van der Waals surface area contributed by atoms with E-state index in [-0.39, 0.29) is 23.8 Å². The zero-order chi connectivity index (χ0) is 18.1. The van der Waals surface area contributed by atoms with Gasteiger partial charge in [0.05, 0.1) is 0 Å². The Bertz CT molecular complexity index is 994. The molecule has 1 amide bonds. The van der Waals surface area contributed by atoms with Crippen LogP contribution in [0.1, 0.15) is 20.8 Å². The van der Waals surface area contributed by atoms with Crippen LogP contribution in [0.15, 0.2) is 47.8 Å². The van der Waals surface area contributed by atoms with Gasteiger partial charge < -0.3 is 14.7 Å². The van der Waals surface area contributed by atoms with E-state index in [0.29, 0.717) is 18.5 Å². The van der Waals surface area contributed by atoms with E-state index in [2.05, 4.69) is 0 Å². The molecule has 1 aliphatic rings. The van der Waals surface area contributed by atoms with Gasteiger partial charge in [-0.1, -0.05) is 30.3 Å². The highest BCUT2D eigenvalue weighted by molar-refractivity contribution is 7.10. The van der Waals surface area contributed by atoms with Crippen LogP contribution in [0.3, 0.4) is 0 Å². The smallest absolute Gasteiger partial charge is 0.342 e. The molecule has 4 rings (SSSR count). The highest BCUT2D eigenvalue weighted by Gasteiger charge is 2.23. The molecule has 0 saturated carbocycles. The number of fused-ring (bicyclic) bond motifs is 2. The molecule has 26 heavy (non-hydrogen) atoms. The number of phenolic OH excluding ortho intramolecular Hbond substituents is 1. The molecular formula is C20H17NO4S. The van der Waals surface area contributed by atoms with Gasteiger partial charge in [-0.2, -0.15) is 0 Å². The van der Waals surface area contributed by atoms with E-state index in [9.17, 15) is 14.7 Å². The molecule has 0 saturated heterocycles. The molecule has 0 atom stereocenters. The summed E-state index contributed by atoms with van der Waals surface area (Å²) in [7, 11) is 0. The van der Waals surface area contributed by atoms with Gasteiger partial charge >= 0.3 is 5.97 Å². The Morgan fingerprint density at radius 2 is 2.00 bits per heavy atom. The molecule has 2 heterocycles. The Balaban J connectivity index is 1.43. The van der Waals surface area contributed by atoms with Gasteiger partial charge in [0.15, 0.2) is 6.61 Å². The lowest BCUT2D eigenvalue weighted by molar-refractivity contribution is -0.135. The van der Waals surface area contributed by atoms with Gasteiger partial charge in [-0.25, -0.2) is 4.79 Å². The van der Waals surface area contributed by atoms with Crippen molar-refractivity contribution in [3.63, 3.8) is 0 Å². The summed E-state index contributed by atoms with van der Waals surface area (Å²) in [6, 6.07) is 12.5. The first-order chi connectivity index (χ1) is 12.6. The Labute approximate surface area is 154 Å². The summed E-state index contributed by atoms with van der Waals surface area (Å²) >= 11 is 1.71. The standard InChI is InChI=1S/C20H17NO4S/c22-18(21-9-7-17-14(11-21)8-10-26-17)12-25-20(24)16-6-5-13-3-1-2-4-15(13)19(16)23/h1-6,8,10,23H,7,9,11-12H2. The van der Waals surface area contributed by atoms with Gasteiger partial charge in [0, 0.05) is 23.4 Å². The van der Waals surface area contributed by atoms with Gasteiger partial charge in [-0.3, -0.25) is 4.79 Å². The molecule has 0 fully saturated rings. The number of rotatable bonds is 3. The zero-order valence-electron chi connectivity index (χ0n) is 14.0. The highest BCUT2D eigenvalue weighted by Crippen LogP contribution is 2.29. The normalized spacial score (nSPS) is 13.5. The summed E-state index contributed by atoms with van der Waals surface area (Å²) in [5.41, 5.74) is 1.23. The third-order valence-electron chi connectivity index (χ3n) is 4.61. The van der Waals surface area contributed by atoms with Crippen LogP contribution in [-0.4, -0.2) is 35.0 Å². The van der Waals surface area contributed by atoms with Crippen LogP contribution < -0.4 is 0 Å². The number of carbonyl (C=O) groups is 2. The maximum absolute atomic E-state index is 12.4. The van der Waals surface area contributed by atoms with Crippen LogP contribution in [0.25, 0.3) is 10.8 Å². The fourth-order valence-electron chi connectivity index (χ4n) is 3.18. The minimum atomic E-state index is -0.699. The summed E-state index contributed by atoms with van der Waals surface area (Å²) in [4.78, 5) is 27.7. The molecule has 5 nitrogen and oxygen atoms in total. The number of benzene rings is 2. The second-order valence-corrected chi connectivity index (χ2v) is 7.19. The fraction of sp³-hybridized carbons (Fsp3) is 0.200. The number of phenols is 1. The van der Waals surface area contributed by atoms with Crippen molar-refractivity contribution in [2.24, 2.45) is 0 Å². The first-order valence-corrected chi connectivity index (χ1v) is 9.22. The van der Waals surface area contributed by atoms with Crippen LogP contribution in [0, 0.1) is 0 Å². The second kappa shape index (κ2) is 6.80. The van der Waals surface area contributed by atoms with Crippen molar-refractivity contribution in [1.82, 2.24) is 4.90 Å². The fourth-order valence-corrected chi connectivity index (χ4v) is 4.07. The van der Waals surface area contributed by atoms with E-state index in [1.807, 2.05) is 23.6 Å². The molecule has 3 aromatic rings. The quantitative estimate of drug-likeness (QED) is 0.721. The monoisotopic (exact) mass is 367 g/mol. The summed E-state index contributed by atoms with van der Waals surface area (Å²) in [5.74, 6) is -1.05. The number of carbonyl (C=O) groups excluding carboxylic acids is 2. The molecule has 0 bridgehead atoms. The molecule has 1 aromatic heterocycles. The number of hydrogen-bond donors (Lipinski definition) is 1. The molecule has 0 aliphatic carbocycles. The SMILES string of the molecule is O=C(OCC(=O)N1CCc2sccc2C1)c1ccc2ccccc2c1O. The maximum Gasteiger partial charge on any atom is 0.342 e. The van der Waals surface area contributed by atoms with Gasteiger partial charge in [0.1, 0.15) is 11.3 Å². The van der Waals surface area contributed by atoms with Crippen molar-refractivity contribution in [3.8, 4) is 5.75 Å². The number of aromatic hydroxyl groups is 1. The van der Waals surface area contributed by atoms with Crippen molar-refractivity contribution >= 4 is 34.0 Å². The molecule has 6 heteroatoms. The molecule has 2 aromatic carbocycles. The first kappa shape index (κ1) is 16.6. The lowest BCUT2D eigenvalue weighted by Crippen LogP contribution is -2.38. The highest BCUT2D eigenvalue weighted by atomic mass is 32.1. The third-order valence-corrected chi connectivity index (χ3v) is 5.63. The Morgan fingerprint density at radius 1 is 1.15 bits per heavy atom. The number of hydrogen-bond acceptors (Lipinski definition) is 5. The summed E-state index contributed by atoms with van der Waals surface area (Å²) in [6.45, 7) is 0.853. The second-order valence-electron chi connectivity index (χ2n) is 6.19. The number of thiophene rings is 1. The van der Waals surface area contributed by atoms with E-state index < -0.39 is 5.97 Å². The lowest BCUT2D eigenvalue weighted by Gasteiger charge is -2.26. The van der Waals surface area contributed by atoms with Crippen molar-refractivity contribution in [2.75, 3.05) is 13.2 Å². The van der Waals surface area contributed by atoms with Crippen molar-refractivity contribution in [3.05, 3.63) is 63.8 Å². The molecule has 0 radical (unpaired) electrons. The van der Waals surface area contributed by atoms with Crippen LogP contribution >= 0.6 is 11.3 Å². The van der Waals surface area contributed by atoms with Crippen LogP contribution in [0.2, 0.25) is 0 Å².